The van der Waals surface area contributed by atoms with Crippen LogP contribution < -0.4 is 5.73 Å². The van der Waals surface area contributed by atoms with Crippen molar-refractivity contribution in [1.29, 1.82) is 0 Å². The Morgan fingerprint density at radius 3 is 2.77 bits per heavy atom. The molecule has 1 aliphatic carbocycles. The fourth-order valence-electron chi connectivity index (χ4n) is 1.99. The second-order valence-electron chi connectivity index (χ2n) is 3.90. The van der Waals surface area contributed by atoms with Crippen LogP contribution in [0, 0.1) is 18.8 Å². The van der Waals surface area contributed by atoms with E-state index in [1.807, 2.05) is 0 Å². The first-order valence-electron chi connectivity index (χ1n) is 4.90. The third-order valence-electron chi connectivity index (χ3n) is 3.02. The average molecular weight is 196 g/mol. The molecule has 3 heteroatoms. The lowest BCUT2D eigenvalue weighted by Crippen LogP contribution is -2.33. The second kappa shape index (κ2) is 3.76. The smallest absolute Gasteiger partial charge is 0.0897 e. The maximum Gasteiger partial charge on any atom is 0.0897 e. The fourth-order valence-corrected chi connectivity index (χ4v) is 2.61. The van der Waals surface area contributed by atoms with Crippen LogP contribution in [-0.2, 0) is 6.42 Å². The molecule has 0 aliphatic heterocycles. The van der Waals surface area contributed by atoms with Gasteiger partial charge in [-0.2, -0.15) is 0 Å². The second-order valence-corrected chi connectivity index (χ2v) is 4.96. The standard InChI is InChI=1S/C10H16N2S/c1-7-12-10(6-13-7)4-8-2-3-9(8)5-11/h6,8-9H,2-5,11H2,1H3. The Morgan fingerprint density at radius 1 is 1.54 bits per heavy atom. The minimum Gasteiger partial charge on any atom is -0.330 e. The van der Waals surface area contributed by atoms with Crippen LogP contribution in [-0.4, -0.2) is 11.5 Å². The van der Waals surface area contributed by atoms with Crippen LogP contribution >= 0.6 is 11.3 Å². The minimum absolute atomic E-state index is 0.766. The fraction of sp³-hybridized carbons (Fsp3) is 0.700. The van der Waals surface area contributed by atoms with E-state index in [0.29, 0.717) is 0 Å². The number of hydrogen-bond acceptors (Lipinski definition) is 3. The maximum atomic E-state index is 5.67. The highest BCUT2D eigenvalue weighted by molar-refractivity contribution is 7.09. The average Bonchev–Trinajstić information content (AvgIpc) is 2.46. The molecule has 0 amide bonds. The van der Waals surface area contributed by atoms with Gasteiger partial charge in [0.15, 0.2) is 0 Å². The first-order chi connectivity index (χ1) is 6.29. The number of aryl methyl sites for hydroxylation is 1. The van der Waals surface area contributed by atoms with Crippen molar-refractivity contribution < 1.29 is 0 Å². The number of aromatic nitrogens is 1. The zero-order valence-corrected chi connectivity index (χ0v) is 8.81. The highest BCUT2D eigenvalue weighted by Crippen LogP contribution is 2.35. The van der Waals surface area contributed by atoms with Gasteiger partial charge in [0, 0.05) is 5.38 Å². The topological polar surface area (TPSA) is 38.9 Å². The third kappa shape index (κ3) is 1.92. The molecular weight excluding hydrogens is 180 g/mol. The van der Waals surface area contributed by atoms with Gasteiger partial charge in [-0.15, -0.1) is 11.3 Å². The monoisotopic (exact) mass is 196 g/mol. The van der Waals surface area contributed by atoms with Crippen molar-refractivity contribution in [1.82, 2.24) is 4.98 Å². The normalized spacial score (nSPS) is 27.2. The molecule has 2 nitrogen and oxygen atoms in total. The zero-order valence-electron chi connectivity index (χ0n) is 7.99. The summed E-state index contributed by atoms with van der Waals surface area (Å²) in [5.74, 6) is 1.58. The van der Waals surface area contributed by atoms with Gasteiger partial charge in [0.1, 0.15) is 0 Å². The lowest BCUT2D eigenvalue weighted by molar-refractivity contribution is 0.182. The van der Waals surface area contributed by atoms with E-state index in [9.17, 15) is 0 Å². The molecule has 1 aliphatic rings. The summed E-state index contributed by atoms with van der Waals surface area (Å²) in [5, 5.41) is 3.36. The van der Waals surface area contributed by atoms with E-state index in [2.05, 4.69) is 17.3 Å². The summed E-state index contributed by atoms with van der Waals surface area (Å²) >= 11 is 1.75. The van der Waals surface area contributed by atoms with Gasteiger partial charge in [0.05, 0.1) is 10.7 Å². The SMILES string of the molecule is Cc1nc(CC2CCC2CN)cs1. The van der Waals surface area contributed by atoms with Gasteiger partial charge in [0.25, 0.3) is 0 Å². The number of nitrogens with two attached hydrogens (primary N) is 1. The van der Waals surface area contributed by atoms with Gasteiger partial charge < -0.3 is 5.73 Å². The predicted molar refractivity (Wildman–Crippen MR) is 55.8 cm³/mol. The van der Waals surface area contributed by atoms with E-state index in [-0.39, 0.29) is 0 Å². The number of rotatable bonds is 3. The first-order valence-corrected chi connectivity index (χ1v) is 5.78. The van der Waals surface area contributed by atoms with Crippen LogP contribution in [0.4, 0.5) is 0 Å². The summed E-state index contributed by atoms with van der Waals surface area (Å²) in [6.45, 7) is 2.92. The molecule has 2 N–H and O–H groups in total. The zero-order chi connectivity index (χ0) is 9.26. The molecule has 2 unspecified atom stereocenters. The molecule has 0 saturated heterocycles. The molecule has 0 aromatic carbocycles. The Bertz CT molecular complexity index is 280. The quantitative estimate of drug-likeness (QED) is 0.803. The van der Waals surface area contributed by atoms with Crippen LogP contribution in [0.5, 0.6) is 0 Å². The minimum atomic E-state index is 0.766. The summed E-state index contributed by atoms with van der Waals surface area (Å²) in [7, 11) is 0. The third-order valence-corrected chi connectivity index (χ3v) is 3.84. The van der Waals surface area contributed by atoms with Gasteiger partial charge in [0.2, 0.25) is 0 Å². The molecule has 72 valence electrons. The molecule has 13 heavy (non-hydrogen) atoms. The summed E-state index contributed by atoms with van der Waals surface area (Å²) in [5.41, 5.74) is 6.93. The van der Waals surface area contributed by atoms with E-state index >= 15 is 0 Å². The van der Waals surface area contributed by atoms with Crippen molar-refractivity contribution in [3.05, 3.63) is 16.1 Å². The molecular formula is C10H16N2S. The van der Waals surface area contributed by atoms with Crippen molar-refractivity contribution in [2.75, 3.05) is 6.54 Å². The van der Waals surface area contributed by atoms with Gasteiger partial charge >= 0.3 is 0 Å². The lowest BCUT2D eigenvalue weighted by Gasteiger charge is -2.35. The van der Waals surface area contributed by atoms with Crippen LogP contribution in [0.1, 0.15) is 23.5 Å². The highest BCUT2D eigenvalue weighted by atomic mass is 32.1. The van der Waals surface area contributed by atoms with E-state index < -0.39 is 0 Å². The van der Waals surface area contributed by atoms with Crippen LogP contribution in [0.15, 0.2) is 5.38 Å². The first kappa shape index (κ1) is 9.16. The molecule has 0 spiro atoms. The van der Waals surface area contributed by atoms with Crippen LogP contribution in [0.25, 0.3) is 0 Å². The molecule has 1 saturated carbocycles. The van der Waals surface area contributed by atoms with E-state index in [0.717, 1.165) is 24.8 Å². The summed E-state index contributed by atoms with van der Waals surface area (Å²) in [6.07, 6.45) is 3.81. The van der Waals surface area contributed by atoms with Crippen molar-refractivity contribution in [3.63, 3.8) is 0 Å². The Labute approximate surface area is 83.2 Å². The molecule has 0 radical (unpaired) electrons. The highest BCUT2D eigenvalue weighted by Gasteiger charge is 2.29. The molecule has 1 aromatic heterocycles. The van der Waals surface area contributed by atoms with Gasteiger partial charge in [-0.1, -0.05) is 0 Å². The van der Waals surface area contributed by atoms with Crippen molar-refractivity contribution in [2.24, 2.45) is 17.6 Å². The summed E-state index contributed by atoms with van der Waals surface area (Å²) in [6, 6.07) is 0. The molecule has 1 heterocycles. The Morgan fingerprint density at radius 2 is 2.31 bits per heavy atom. The Hall–Kier alpha value is -0.410. The van der Waals surface area contributed by atoms with Crippen molar-refractivity contribution >= 4 is 11.3 Å². The van der Waals surface area contributed by atoms with Crippen molar-refractivity contribution in [3.8, 4) is 0 Å². The number of thiazole rings is 1. The molecule has 2 atom stereocenters. The lowest BCUT2D eigenvalue weighted by atomic mass is 9.71. The molecule has 1 fully saturated rings. The van der Waals surface area contributed by atoms with E-state index in [4.69, 9.17) is 5.73 Å². The molecule has 2 rings (SSSR count). The largest absolute Gasteiger partial charge is 0.330 e. The Kier molecular flexibility index (Phi) is 2.65. The summed E-state index contributed by atoms with van der Waals surface area (Å²) < 4.78 is 0. The van der Waals surface area contributed by atoms with Gasteiger partial charge in [-0.25, -0.2) is 4.98 Å². The molecule has 0 bridgehead atoms. The Balaban J connectivity index is 1.91. The summed E-state index contributed by atoms with van der Waals surface area (Å²) in [4.78, 5) is 4.48. The van der Waals surface area contributed by atoms with E-state index in [1.165, 1.54) is 23.5 Å². The number of nitrogens with zero attached hydrogens (tertiary/aromatic N) is 1. The van der Waals surface area contributed by atoms with Crippen molar-refractivity contribution in [2.45, 2.75) is 26.2 Å². The molecule has 1 aromatic rings. The number of hydrogen-bond donors (Lipinski definition) is 1. The van der Waals surface area contributed by atoms with Crippen LogP contribution in [0.2, 0.25) is 0 Å². The van der Waals surface area contributed by atoms with E-state index in [1.54, 1.807) is 11.3 Å². The van der Waals surface area contributed by atoms with Gasteiger partial charge in [-0.05, 0) is 44.6 Å². The predicted octanol–water partition coefficient (Wildman–Crippen LogP) is 1.98. The van der Waals surface area contributed by atoms with Gasteiger partial charge in [-0.3, -0.25) is 0 Å². The van der Waals surface area contributed by atoms with Crippen LogP contribution in [0.3, 0.4) is 0 Å². The maximum absolute atomic E-state index is 5.67.